The van der Waals surface area contributed by atoms with E-state index in [2.05, 4.69) is 10.4 Å². The van der Waals surface area contributed by atoms with Crippen LogP contribution in [0.3, 0.4) is 0 Å². The predicted octanol–water partition coefficient (Wildman–Crippen LogP) is 1.17. The average Bonchev–Trinajstić information content (AvgIpc) is 2.94. The molecule has 0 saturated heterocycles. The summed E-state index contributed by atoms with van der Waals surface area (Å²) in [6, 6.07) is 0. The summed E-state index contributed by atoms with van der Waals surface area (Å²) >= 11 is 0. The van der Waals surface area contributed by atoms with Crippen molar-refractivity contribution in [1.29, 1.82) is 0 Å². The molecule has 1 saturated carbocycles. The van der Waals surface area contributed by atoms with Crippen LogP contribution in [0.1, 0.15) is 36.2 Å². The average molecular weight is 259 g/mol. The quantitative estimate of drug-likeness (QED) is 0.806. The first-order valence-electron chi connectivity index (χ1n) is 5.78. The molecular weight excluding hydrogens is 244 g/mol. The van der Waals surface area contributed by atoms with Crippen LogP contribution in [0.2, 0.25) is 0 Å². The van der Waals surface area contributed by atoms with Crippen molar-refractivity contribution >= 4 is 5.91 Å². The van der Waals surface area contributed by atoms with Crippen LogP contribution in [0.5, 0.6) is 0 Å². The monoisotopic (exact) mass is 259 g/mol. The zero-order valence-electron chi connectivity index (χ0n) is 9.77. The number of amides is 1. The summed E-state index contributed by atoms with van der Waals surface area (Å²) in [5.74, 6) is -0.421. The first-order chi connectivity index (χ1) is 8.56. The lowest BCUT2D eigenvalue weighted by Gasteiger charge is -2.11. The second-order valence-electron chi connectivity index (χ2n) is 4.65. The van der Waals surface area contributed by atoms with Gasteiger partial charge in [0.05, 0.1) is 11.8 Å². The summed E-state index contributed by atoms with van der Waals surface area (Å²) in [7, 11) is 0. The molecule has 0 spiro atoms. The standard InChI is InChI=1S/C11H15F2N3O2/c12-10(13)16-6-8(5-15-16)9(18)14-4-3-11(7-17)1-2-11/h5-6,10,17H,1-4,7H2,(H,14,18). The molecule has 0 aliphatic heterocycles. The van der Waals surface area contributed by atoms with Gasteiger partial charge in [0.2, 0.25) is 0 Å². The Morgan fingerprint density at radius 1 is 1.61 bits per heavy atom. The van der Waals surface area contributed by atoms with E-state index in [-0.39, 0.29) is 17.6 Å². The number of hydrogen-bond acceptors (Lipinski definition) is 3. The minimum atomic E-state index is -2.74. The van der Waals surface area contributed by atoms with Gasteiger partial charge in [-0.05, 0) is 24.7 Å². The van der Waals surface area contributed by atoms with Gasteiger partial charge < -0.3 is 10.4 Å². The zero-order valence-corrected chi connectivity index (χ0v) is 9.77. The first-order valence-corrected chi connectivity index (χ1v) is 5.78. The Kier molecular flexibility index (Phi) is 3.60. The molecule has 0 bridgehead atoms. The molecule has 1 aromatic heterocycles. The summed E-state index contributed by atoms with van der Waals surface area (Å²) in [5.41, 5.74) is 0.0876. The van der Waals surface area contributed by atoms with Gasteiger partial charge in [-0.1, -0.05) is 0 Å². The highest BCUT2D eigenvalue weighted by molar-refractivity contribution is 5.93. The topological polar surface area (TPSA) is 67.2 Å². The van der Waals surface area contributed by atoms with E-state index in [1.807, 2.05) is 0 Å². The molecule has 1 amide bonds. The Morgan fingerprint density at radius 2 is 2.33 bits per heavy atom. The van der Waals surface area contributed by atoms with E-state index in [1.165, 1.54) is 0 Å². The lowest BCUT2D eigenvalue weighted by Crippen LogP contribution is -2.26. The number of alkyl halides is 2. The maximum Gasteiger partial charge on any atom is 0.333 e. The van der Waals surface area contributed by atoms with Crippen LogP contribution in [0.4, 0.5) is 8.78 Å². The Bertz CT molecular complexity index is 430. The van der Waals surface area contributed by atoms with E-state index in [0.29, 0.717) is 17.6 Å². The van der Waals surface area contributed by atoms with Gasteiger partial charge in [-0.2, -0.15) is 13.9 Å². The van der Waals surface area contributed by atoms with Crippen molar-refractivity contribution in [3.05, 3.63) is 18.0 Å². The van der Waals surface area contributed by atoms with Gasteiger partial charge >= 0.3 is 6.55 Å². The van der Waals surface area contributed by atoms with Crippen LogP contribution in [-0.4, -0.2) is 33.9 Å². The molecular formula is C11H15F2N3O2. The van der Waals surface area contributed by atoms with Crippen molar-refractivity contribution in [2.75, 3.05) is 13.2 Å². The zero-order chi connectivity index (χ0) is 13.2. The minimum absolute atomic E-state index is 0.0273. The highest BCUT2D eigenvalue weighted by atomic mass is 19.3. The van der Waals surface area contributed by atoms with E-state index >= 15 is 0 Å². The van der Waals surface area contributed by atoms with Gasteiger partial charge in [-0.15, -0.1) is 0 Å². The van der Waals surface area contributed by atoms with Gasteiger partial charge in [0.1, 0.15) is 0 Å². The smallest absolute Gasteiger partial charge is 0.333 e. The molecule has 0 atom stereocenters. The number of carbonyl (C=O) groups is 1. The maximum atomic E-state index is 12.2. The third-order valence-electron chi connectivity index (χ3n) is 3.30. The number of hydrogen-bond donors (Lipinski definition) is 2. The maximum absolute atomic E-state index is 12.2. The lowest BCUT2D eigenvalue weighted by atomic mass is 10.0. The molecule has 2 rings (SSSR count). The van der Waals surface area contributed by atoms with Gasteiger partial charge in [0.15, 0.2) is 0 Å². The Morgan fingerprint density at radius 3 is 2.83 bits per heavy atom. The Hall–Kier alpha value is -1.50. The lowest BCUT2D eigenvalue weighted by molar-refractivity contribution is 0.0565. The van der Waals surface area contributed by atoms with Crippen molar-refractivity contribution in [3.63, 3.8) is 0 Å². The molecule has 18 heavy (non-hydrogen) atoms. The van der Waals surface area contributed by atoms with Crippen LogP contribution in [0.15, 0.2) is 12.4 Å². The van der Waals surface area contributed by atoms with Crippen LogP contribution in [0, 0.1) is 5.41 Å². The fraction of sp³-hybridized carbons (Fsp3) is 0.636. The van der Waals surface area contributed by atoms with Crippen molar-refractivity contribution in [2.45, 2.75) is 25.8 Å². The highest BCUT2D eigenvalue weighted by Gasteiger charge is 2.41. The Labute approximate surface area is 103 Å². The number of aliphatic hydroxyl groups is 1. The molecule has 100 valence electrons. The van der Waals surface area contributed by atoms with Crippen molar-refractivity contribution in [3.8, 4) is 0 Å². The third-order valence-corrected chi connectivity index (χ3v) is 3.30. The van der Waals surface area contributed by atoms with Gasteiger partial charge in [-0.25, -0.2) is 4.68 Å². The predicted molar refractivity (Wildman–Crippen MR) is 59.2 cm³/mol. The molecule has 2 N–H and O–H groups in total. The summed E-state index contributed by atoms with van der Waals surface area (Å²) in [6.07, 6.45) is 4.78. The largest absolute Gasteiger partial charge is 0.396 e. The normalized spacial score (nSPS) is 16.9. The molecule has 1 aliphatic rings. The first kappa shape index (κ1) is 12.9. The van der Waals surface area contributed by atoms with Crippen LogP contribution in [0.25, 0.3) is 0 Å². The number of aromatic nitrogens is 2. The van der Waals surface area contributed by atoms with Crippen LogP contribution >= 0.6 is 0 Å². The number of halogens is 2. The second kappa shape index (κ2) is 5.01. The molecule has 1 heterocycles. The molecule has 0 radical (unpaired) electrons. The van der Waals surface area contributed by atoms with E-state index in [1.54, 1.807) is 0 Å². The molecule has 7 heteroatoms. The number of nitrogens with zero attached hydrogens (tertiary/aromatic N) is 2. The summed E-state index contributed by atoms with van der Waals surface area (Å²) in [5, 5.41) is 15.1. The van der Waals surface area contributed by atoms with Crippen molar-refractivity contribution < 1.29 is 18.7 Å². The highest BCUT2D eigenvalue weighted by Crippen LogP contribution is 2.47. The fourth-order valence-electron chi connectivity index (χ4n) is 1.77. The molecule has 1 aromatic rings. The molecule has 0 unspecified atom stereocenters. The third kappa shape index (κ3) is 2.84. The van der Waals surface area contributed by atoms with E-state index < -0.39 is 12.5 Å². The number of rotatable bonds is 6. The number of aliphatic hydroxyl groups excluding tert-OH is 1. The van der Waals surface area contributed by atoms with Gasteiger partial charge in [0, 0.05) is 19.3 Å². The van der Waals surface area contributed by atoms with E-state index in [9.17, 15) is 13.6 Å². The molecule has 1 aliphatic carbocycles. The van der Waals surface area contributed by atoms with E-state index in [4.69, 9.17) is 5.11 Å². The minimum Gasteiger partial charge on any atom is -0.396 e. The fourth-order valence-corrected chi connectivity index (χ4v) is 1.77. The van der Waals surface area contributed by atoms with Crippen molar-refractivity contribution in [2.24, 2.45) is 5.41 Å². The van der Waals surface area contributed by atoms with Gasteiger partial charge in [-0.3, -0.25) is 4.79 Å². The van der Waals surface area contributed by atoms with Crippen LogP contribution in [-0.2, 0) is 0 Å². The summed E-state index contributed by atoms with van der Waals surface area (Å²) < 4.78 is 24.9. The molecule has 5 nitrogen and oxygen atoms in total. The van der Waals surface area contributed by atoms with E-state index in [0.717, 1.165) is 25.2 Å². The molecule has 0 aromatic carbocycles. The van der Waals surface area contributed by atoms with Crippen LogP contribution < -0.4 is 5.32 Å². The molecule has 1 fully saturated rings. The Balaban J connectivity index is 1.80. The second-order valence-corrected chi connectivity index (χ2v) is 4.65. The summed E-state index contributed by atoms with van der Waals surface area (Å²) in [4.78, 5) is 11.6. The summed E-state index contributed by atoms with van der Waals surface area (Å²) in [6.45, 7) is -2.18. The van der Waals surface area contributed by atoms with Gasteiger partial charge in [0.25, 0.3) is 5.91 Å². The van der Waals surface area contributed by atoms with Crippen molar-refractivity contribution in [1.82, 2.24) is 15.1 Å². The number of carbonyl (C=O) groups excluding carboxylic acids is 1. The SMILES string of the molecule is O=C(NCCC1(CO)CC1)c1cnn(C(F)F)c1. The number of nitrogens with one attached hydrogen (secondary N) is 1.